The number of rotatable bonds is 1. The molecule has 0 spiro atoms. The maximum absolute atomic E-state index is 2.56. The lowest BCUT2D eigenvalue weighted by atomic mass is 10.1. The van der Waals surface area contributed by atoms with Gasteiger partial charge in [0.25, 0.3) is 0 Å². The molecule has 1 saturated heterocycles. The predicted molar refractivity (Wildman–Crippen MR) is 60.8 cm³/mol. The fourth-order valence-electron chi connectivity index (χ4n) is 2.24. The molecule has 2 rings (SSSR count). The SMILES string of the molecule is [CH]1C=CC(N2CCCCCCC2)=CC1. The van der Waals surface area contributed by atoms with E-state index in [1.54, 1.807) is 0 Å². The van der Waals surface area contributed by atoms with Crippen molar-refractivity contribution in [2.45, 2.75) is 38.5 Å². The largest absolute Gasteiger partial charge is 0.372 e. The first-order chi connectivity index (χ1) is 6.97. The van der Waals surface area contributed by atoms with Crippen LogP contribution in [0.15, 0.2) is 23.9 Å². The minimum Gasteiger partial charge on any atom is -0.372 e. The van der Waals surface area contributed by atoms with Crippen LogP contribution in [0.4, 0.5) is 0 Å². The lowest BCUT2D eigenvalue weighted by Gasteiger charge is -2.28. The van der Waals surface area contributed by atoms with Crippen molar-refractivity contribution < 1.29 is 0 Å². The molecular formula is C13H20N. The van der Waals surface area contributed by atoms with Crippen molar-refractivity contribution in [2.75, 3.05) is 13.1 Å². The number of allylic oxidation sites excluding steroid dienone is 3. The monoisotopic (exact) mass is 190 g/mol. The van der Waals surface area contributed by atoms with E-state index in [1.807, 2.05) is 0 Å². The third-order valence-corrected chi connectivity index (χ3v) is 3.09. The van der Waals surface area contributed by atoms with Gasteiger partial charge in [-0.2, -0.15) is 0 Å². The second kappa shape index (κ2) is 5.23. The molecule has 1 nitrogen and oxygen atoms in total. The molecule has 1 radical (unpaired) electrons. The predicted octanol–water partition coefficient (Wildman–Crippen LogP) is 3.30. The van der Waals surface area contributed by atoms with Crippen molar-refractivity contribution >= 4 is 0 Å². The summed E-state index contributed by atoms with van der Waals surface area (Å²) in [5, 5.41) is 0. The zero-order chi connectivity index (χ0) is 9.64. The second-order valence-corrected chi connectivity index (χ2v) is 4.21. The first kappa shape index (κ1) is 9.82. The van der Waals surface area contributed by atoms with Crippen LogP contribution in [0.3, 0.4) is 0 Å². The normalized spacial score (nSPS) is 24.0. The molecule has 0 aromatic heterocycles. The molecule has 1 aliphatic heterocycles. The van der Waals surface area contributed by atoms with E-state index in [4.69, 9.17) is 0 Å². The Morgan fingerprint density at radius 3 is 2.29 bits per heavy atom. The van der Waals surface area contributed by atoms with Crippen molar-refractivity contribution in [2.24, 2.45) is 0 Å². The first-order valence-corrected chi connectivity index (χ1v) is 5.92. The Hall–Kier alpha value is -0.720. The maximum atomic E-state index is 2.56. The summed E-state index contributed by atoms with van der Waals surface area (Å²) < 4.78 is 0. The maximum Gasteiger partial charge on any atom is 0.0322 e. The molecule has 0 atom stereocenters. The Kier molecular flexibility index (Phi) is 3.67. The number of hydrogen-bond donors (Lipinski definition) is 0. The number of nitrogens with zero attached hydrogens (tertiary/aromatic N) is 1. The Labute approximate surface area is 87.5 Å². The quantitative estimate of drug-likeness (QED) is 0.613. The molecule has 0 aromatic carbocycles. The van der Waals surface area contributed by atoms with Crippen LogP contribution in [0.5, 0.6) is 0 Å². The molecule has 0 saturated carbocycles. The Balaban J connectivity index is 1.93. The van der Waals surface area contributed by atoms with Crippen LogP contribution in [0.25, 0.3) is 0 Å². The Bertz CT molecular complexity index is 219. The first-order valence-electron chi connectivity index (χ1n) is 5.92. The zero-order valence-corrected chi connectivity index (χ0v) is 8.91. The van der Waals surface area contributed by atoms with Crippen LogP contribution in [-0.4, -0.2) is 18.0 Å². The van der Waals surface area contributed by atoms with Crippen LogP contribution in [0, 0.1) is 6.42 Å². The molecule has 0 bridgehead atoms. The van der Waals surface area contributed by atoms with Gasteiger partial charge in [-0.05, 0) is 31.8 Å². The van der Waals surface area contributed by atoms with Crippen LogP contribution in [0.2, 0.25) is 0 Å². The molecule has 1 heterocycles. The van der Waals surface area contributed by atoms with E-state index in [0.29, 0.717) is 0 Å². The van der Waals surface area contributed by atoms with Crippen LogP contribution in [0.1, 0.15) is 38.5 Å². The summed E-state index contributed by atoms with van der Waals surface area (Å²) in [6, 6.07) is 0. The molecular weight excluding hydrogens is 170 g/mol. The number of hydrogen-bond acceptors (Lipinski definition) is 1. The van der Waals surface area contributed by atoms with Gasteiger partial charge in [0, 0.05) is 18.8 Å². The molecule has 0 N–H and O–H groups in total. The molecule has 1 heteroatoms. The van der Waals surface area contributed by atoms with E-state index in [9.17, 15) is 0 Å². The highest BCUT2D eigenvalue weighted by Crippen LogP contribution is 2.18. The van der Waals surface area contributed by atoms with Crippen molar-refractivity contribution in [3.05, 3.63) is 30.3 Å². The smallest absolute Gasteiger partial charge is 0.0322 e. The van der Waals surface area contributed by atoms with Gasteiger partial charge in [0.05, 0.1) is 0 Å². The minimum absolute atomic E-state index is 1.11. The number of likely N-dealkylation sites (tertiary alicyclic amines) is 1. The fraction of sp³-hybridized carbons (Fsp3) is 0.615. The highest BCUT2D eigenvalue weighted by atomic mass is 15.1. The van der Waals surface area contributed by atoms with Gasteiger partial charge in [0.1, 0.15) is 0 Å². The zero-order valence-electron chi connectivity index (χ0n) is 8.91. The molecule has 14 heavy (non-hydrogen) atoms. The molecule has 0 unspecified atom stereocenters. The Morgan fingerprint density at radius 2 is 1.64 bits per heavy atom. The summed E-state index contributed by atoms with van der Waals surface area (Å²) in [6.07, 6.45) is 17.1. The van der Waals surface area contributed by atoms with E-state index in [1.165, 1.54) is 50.9 Å². The Morgan fingerprint density at radius 1 is 0.929 bits per heavy atom. The van der Waals surface area contributed by atoms with Crippen LogP contribution >= 0.6 is 0 Å². The van der Waals surface area contributed by atoms with E-state index >= 15 is 0 Å². The third-order valence-electron chi connectivity index (χ3n) is 3.09. The van der Waals surface area contributed by atoms with Gasteiger partial charge in [-0.25, -0.2) is 0 Å². The van der Waals surface area contributed by atoms with Gasteiger partial charge in [0.15, 0.2) is 0 Å². The average Bonchev–Trinajstić information content (AvgIpc) is 2.18. The van der Waals surface area contributed by atoms with E-state index in [2.05, 4.69) is 29.5 Å². The molecule has 1 fully saturated rings. The summed E-state index contributed by atoms with van der Waals surface area (Å²) in [5.74, 6) is 0. The second-order valence-electron chi connectivity index (χ2n) is 4.21. The summed E-state index contributed by atoms with van der Waals surface area (Å²) in [6.45, 7) is 2.52. The van der Waals surface area contributed by atoms with Crippen LogP contribution < -0.4 is 0 Å². The van der Waals surface area contributed by atoms with Crippen molar-refractivity contribution in [3.63, 3.8) is 0 Å². The summed E-state index contributed by atoms with van der Waals surface area (Å²) in [7, 11) is 0. The van der Waals surface area contributed by atoms with Gasteiger partial charge in [-0.3, -0.25) is 0 Å². The van der Waals surface area contributed by atoms with Gasteiger partial charge in [0.2, 0.25) is 0 Å². The lowest BCUT2D eigenvalue weighted by molar-refractivity contribution is 0.312. The van der Waals surface area contributed by atoms with Gasteiger partial charge in [-0.15, -0.1) is 0 Å². The topological polar surface area (TPSA) is 3.24 Å². The summed E-state index contributed by atoms with van der Waals surface area (Å²) in [4.78, 5) is 2.56. The summed E-state index contributed by atoms with van der Waals surface area (Å²) >= 11 is 0. The van der Waals surface area contributed by atoms with Gasteiger partial charge < -0.3 is 4.90 Å². The average molecular weight is 190 g/mol. The van der Waals surface area contributed by atoms with E-state index in [0.717, 1.165) is 6.42 Å². The van der Waals surface area contributed by atoms with E-state index in [-0.39, 0.29) is 0 Å². The fourth-order valence-corrected chi connectivity index (χ4v) is 2.24. The highest BCUT2D eigenvalue weighted by Gasteiger charge is 2.10. The van der Waals surface area contributed by atoms with Crippen molar-refractivity contribution in [3.8, 4) is 0 Å². The van der Waals surface area contributed by atoms with Crippen LogP contribution in [-0.2, 0) is 0 Å². The standard InChI is InChI=1S/C13H20N/c1-2-7-11-14(12-8-3-1)13-9-5-4-6-10-13/h4-5,9-10H,1-3,6-8,11-12H2. The van der Waals surface area contributed by atoms with E-state index < -0.39 is 0 Å². The van der Waals surface area contributed by atoms with Crippen molar-refractivity contribution in [1.82, 2.24) is 4.90 Å². The molecule has 1 aliphatic carbocycles. The molecule has 77 valence electrons. The van der Waals surface area contributed by atoms with Gasteiger partial charge >= 0.3 is 0 Å². The van der Waals surface area contributed by atoms with Crippen molar-refractivity contribution in [1.29, 1.82) is 0 Å². The van der Waals surface area contributed by atoms with Gasteiger partial charge in [-0.1, -0.05) is 31.4 Å². The lowest BCUT2D eigenvalue weighted by Crippen LogP contribution is -2.26. The molecule has 0 amide bonds. The molecule has 2 aliphatic rings. The molecule has 0 aromatic rings. The summed E-state index contributed by atoms with van der Waals surface area (Å²) in [5.41, 5.74) is 1.45. The third kappa shape index (κ3) is 2.63. The highest BCUT2D eigenvalue weighted by molar-refractivity contribution is 5.25. The minimum atomic E-state index is 1.11.